The molecule has 0 bridgehead atoms. The van der Waals surface area contributed by atoms with E-state index in [0.717, 1.165) is 25.1 Å². The summed E-state index contributed by atoms with van der Waals surface area (Å²) in [5.74, 6) is 0.655. The van der Waals surface area contributed by atoms with E-state index < -0.39 is 0 Å². The normalized spacial score (nSPS) is 19.9. The molecule has 1 aromatic rings. The molecule has 0 aliphatic carbocycles. The molecule has 0 spiro atoms. The Balaban J connectivity index is 2.10. The van der Waals surface area contributed by atoms with Crippen molar-refractivity contribution < 1.29 is 4.79 Å². The minimum atomic E-state index is 0.176. The Hall–Kier alpha value is -1.35. The molecule has 1 saturated heterocycles. The number of nitrogens with one attached hydrogen (secondary N) is 1. The molecular weight excluding hydrogens is 200 g/mol. The number of hydrogen-bond donors (Lipinski definition) is 2. The van der Waals surface area contributed by atoms with Gasteiger partial charge in [-0.2, -0.15) is 0 Å². The van der Waals surface area contributed by atoms with E-state index in [0.29, 0.717) is 23.6 Å². The Morgan fingerprint density at radius 1 is 1.56 bits per heavy atom. The van der Waals surface area contributed by atoms with E-state index in [9.17, 15) is 4.79 Å². The molecule has 1 aliphatic heterocycles. The summed E-state index contributed by atoms with van der Waals surface area (Å²) in [4.78, 5) is 12.1. The molecular formula is C13H18N2O. The van der Waals surface area contributed by atoms with Crippen LogP contribution < -0.4 is 11.1 Å². The number of nitrogen functional groups attached to an aromatic ring is 1. The lowest BCUT2D eigenvalue weighted by molar-refractivity contribution is 0.0965. The van der Waals surface area contributed by atoms with Crippen molar-refractivity contribution in [2.75, 3.05) is 18.8 Å². The van der Waals surface area contributed by atoms with Gasteiger partial charge in [-0.1, -0.05) is 11.6 Å². The lowest BCUT2D eigenvalue weighted by atomic mass is 9.96. The fourth-order valence-corrected chi connectivity index (χ4v) is 2.17. The summed E-state index contributed by atoms with van der Waals surface area (Å²) in [5, 5.41) is 3.27. The number of rotatable bonds is 3. The topological polar surface area (TPSA) is 55.1 Å². The van der Waals surface area contributed by atoms with Crippen molar-refractivity contribution in [3.63, 3.8) is 0 Å². The van der Waals surface area contributed by atoms with Gasteiger partial charge in [0.15, 0.2) is 5.78 Å². The highest BCUT2D eigenvalue weighted by molar-refractivity contribution is 6.01. The van der Waals surface area contributed by atoms with Crippen molar-refractivity contribution in [2.24, 2.45) is 5.92 Å². The Kier molecular flexibility index (Phi) is 3.25. The molecule has 0 aromatic heterocycles. The third-order valence-electron chi connectivity index (χ3n) is 3.15. The van der Waals surface area contributed by atoms with Crippen LogP contribution in [0.3, 0.4) is 0 Å². The average molecular weight is 218 g/mol. The smallest absolute Gasteiger partial charge is 0.165 e. The van der Waals surface area contributed by atoms with Crippen LogP contribution in [0.4, 0.5) is 5.69 Å². The molecule has 3 nitrogen and oxygen atoms in total. The summed E-state index contributed by atoms with van der Waals surface area (Å²) in [6, 6.07) is 5.64. The van der Waals surface area contributed by atoms with Gasteiger partial charge >= 0.3 is 0 Å². The molecule has 0 saturated carbocycles. The molecule has 1 atom stereocenters. The zero-order valence-corrected chi connectivity index (χ0v) is 9.62. The van der Waals surface area contributed by atoms with E-state index in [4.69, 9.17) is 5.73 Å². The molecule has 1 aromatic carbocycles. The second kappa shape index (κ2) is 4.66. The molecule has 16 heavy (non-hydrogen) atoms. The van der Waals surface area contributed by atoms with E-state index in [1.54, 1.807) is 0 Å². The first-order valence-electron chi connectivity index (χ1n) is 5.77. The summed E-state index contributed by atoms with van der Waals surface area (Å²) in [7, 11) is 0. The Morgan fingerprint density at radius 3 is 3.06 bits per heavy atom. The molecule has 86 valence electrons. The molecule has 1 heterocycles. The number of hydrogen-bond acceptors (Lipinski definition) is 3. The highest BCUT2D eigenvalue weighted by Gasteiger charge is 2.20. The molecule has 1 aliphatic rings. The van der Waals surface area contributed by atoms with Gasteiger partial charge < -0.3 is 11.1 Å². The van der Waals surface area contributed by atoms with E-state index >= 15 is 0 Å². The summed E-state index contributed by atoms with van der Waals surface area (Å²) < 4.78 is 0. The second-order valence-electron chi connectivity index (χ2n) is 4.58. The van der Waals surface area contributed by atoms with E-state index in [-0.39, 0.29) is 5.78 Å². The minimum Gasteiger partial charge on any atom is -0.398 e. The van der Waals surface area contributed by atoms with Gasteiger partial charge in [-0.05, 0) is 44.5 Å². The van der Waals surface area contributed by atoms with Crippen molar-refractivity contribution in [1.82, 2.24) is 5.32 Å². The van der Waals surface area contributed by atoms with Gasteiger partial charge in [0.2, 0.25) is 0 Å². The monoisotopic (exact) mass is 218 g/mol. The SMILES string of the molecule is Cc1ccc(N)c(C(=O)CC2CCNC2)c1. The number of Topliss-reactive ketones (excluding diaryl/α,β-unsaturated/α-hetero) is 1. The van der Waals surface area contributed by atoms with Crippen LogP contribution in [-0.2, 0) is 0 Å². The van der Waals surface area contributed by atoms with Gasteiger partial charge in [0.1, 0.15) is 0 Å². The van der Waals surface area contributed by atoms with Crippen LogP contribution in [-0.4, -0.2) is 18.9 Å². The predicted molar refractivity (Wildman–Crippen MR) is 65.5 cm³/mol. The molecule has 3 heteroatoms. The molecule has 0 amide bonds. The van der Waals surface area contributed by atoms with Crippen LogP contribution in [0.25, 0.3) is 0 Å². The summed E-state index contributed by atoms with van der Waals surface area (Å²) in [5.41, 5.74) is 8.20. The van der Waals surface area contributed by atoms with Crippen molar-refractivity contribution in [3.05, 3.63) is 29.3 Å². The zero-order valence-electron chi connectivity index (χ0n) is 9.62. The van der Waals surface area contributed by atoms with Crippen molar-refractivity contribution in [2.45, 2.75) is 19.8 Å². The van der Waals surface area contributed by atoms with Crippen molar-refractivity contribution in [3.8, 4) is 0 Å². The fourth-order valence-electron chi connectivity index (χ4n) is 2.17. The number of benzene rings is 1. The highest BCUT2D eigenvalue weighted by Crippen LogP contribution is 2.20. The maximum absolute atomic E-state index is 12.1. The predicted octanol–water partition coefficient (Wildman–Crippen LogP) is 1.76. The van der Waals surface area contributed by atoms with E-state index in [1.165, 1.54) is 0 Å². The van der Waals surface area contributed by atoms with Gasteiger partial charge in [-0.3, -0.25) is 4.79 Å². The number of ketones is 1. The van der Waals surface area contributed by atoms with Gasteiger partial charge in [0.05, 0.1) is 0 Å². The minimum absolute atomic E-state index is 0.176. The quantitative estimate of drug-likeness (QED) is 0.600. The van der Waals surface area contributed by atoms with Gasteiger partial charge in [-0.25, -0.2) is 0 Å². The van der Waals surface area contributed by atoms with Gasteiger partial charge in [0.25, 0.3) is 0 Å². The third-order valence-corrected chi connectivity index (χ3v) is 3.15. The number of anilines is 1. The molecule has 2 rings (SSSR count). The number of aryl methyl sites for hydroxylation is 1. The standard InChI is InChI=1S/C13H18N2O/c1-9-2-3-12(14)11(6-9)13(16)7-10-4-5-15-8-10/h2-3,6,10,15H,4-5,7-8,14H2,1H3. The lowest BCUT2D eigenvalue weighted by Gasteiger charge is -2.09. The summed E-state index contributed by atoms with van der Waals surface area (Å²) >= 11 is 0. The summed E-state index contributed by atoms with van der Waals surface area (Å²) in [6.45, 7) is 3.96. The molecule has 0 radical (unpaired) electrons. The maximum atomic E-state index is 12.1. The third kappa shape index (κ3) is 2.42. The van der Waals surface area contributed by atoms with Crippen molar-refractivity contribution in [1.29, 1.82) is 0 Å². The van der Waals surface area contributed by atoms with Crippen LogP contribution in [0.15, 0.2) is 18.2 Å². The van der Waals surface area contributed by atoms with E-state index in [1.807, 2.05) is 25.1 Å². The lowest BCUT2D eigenvalue weighted by Crippen LogP contribution is -2.14. The molecule has 3 N–H and O–H groups in total. The largest absolute Gasteiger partial charge is 0.398 e. The van der Waals surface area contributed by atoms with Crippen LogP contribution in [0.1, 0.15) is 28.8 Å². The van der Waals surface area contributed by atoms with Crippen LogP contribution in [0, 0.1) is 12.8 Å². The zero-order chi connectivity index (χ0) is 11.5. The first kappa shape index (κ1) is 11.1. The number of nitrogens with two attached hydrogens (primary N) is 1. The second-order valence-corrected chi connectivity index (χ2v) is 4.58. The first-order chi connectivity index (χ1) is 7.66. The average Bonchev–Trinajstić information content (AvgIpc) is 2.74. The van der Waals surface area contributed by atoms with Gasteiger partial charge in [-0.15, -0.1) is 0 Å². The highest BCUT2D eigenvalue weighted by atomic mass is 16.1. The van der Waals surface area contributed by atoms with Crippen molar-refractivity contribution >= 4 is 11.5 Å². The van der Waals surface area contributed by atoms with Crippen LogP contribution >= 0.6 is 0 Å². The molecule has 1 fully saturated rings. The Bertz CT molecular complexity index is 395. The molecule has 1 unspecified atom stereocenters. The Labute approximate surface area is 96.0 Å². The number of carbonyl (C=O) groups is 1. The van der Waals surface area contributed by atoms with Crippen LogP contribution in [0.5, 0.6) is 0 Å². The van der Waals surface area contributed by atoms with E-state index in [2.05, 4.69) is 5.32 Å². The van der Waals surface area contributed by atoms with Gasteiger partial charge in [0, 0.05) is 17.7 Å². The van der Waals surface area contributed by atoms with Crippen LogP contribution in [0.2, 0.25) is 0 Å². The maximum Gasteiger partial charge on any atom is 0.165 e. The summed E-state index contributed by atoms with van der Waals surface area (Å²) in [6.07, 6.45) is 1.71. The number of carbonyl (C=O) groups excluding carboxylic acids is 1. The first-order valence-corrected chi connectivity index (χ1v) is 5.77. The fraction of sp³-hybridized carbons (Fsp3) is 0.462. The Morgan fingerprint density at radius 2 is 2.38 bits per heavy atom.